The lowest BCUT2D eigenvalue weighted by Crippen LogP contribution is -2.46. The number of benzene rings is 1. The number of aromatic nitrogens is 2. The van der Waals surface area contributed by atoms with Gasteiger partial charge in [-0.3, -0.25) is 4.90 Å². The van der Waals surface area contributed by atoms with Crippen LogP contribution >= 0.6 is 27.5 Å². The van der Waals surface area contributed by atoms with E-state index >= 15 is 0 Å². The van der Waals surface area contributed by atoms with Crippen molar-refractivity contribution >= 4 is 27.5 Å². The number of hydrogen-bond donors (Lipinski definition) is 1. The number of nitrogens with zero attached hydrogens (tertiary/aromatic N) is 3. The van der Waals surface area contributed by atoms with E-state index in [-0.39, 0.29) is 0 Å². The van der Waals surface area contributed by atoms with Crippen LogP contribution in [0.4, 0.5) is 0 Å². The van der Waals surface area contributed by atoms with Crippen LogP contribution in [0.2, 0.25) is 5.02 Å². The molecule has 1 aromatic heterocycles. The zero-order chi connectivity index (χ0) is 14.8. The van der Waals surface area contributed by atoms with Crippen LogP contribution in [0.3, 0.4) is 0 Å². The SMILES string of the molecule is Cn1ccnc1C1CNCCN1Cc1ccc(Cl)c(Br)c1. The fourth-order valence-electron chi connectivity index (χ4n) is 2.76. The van der Waals surface area contributed by atoms with Crippen molar-refractivity contribution in [3.8, 4) is 0 Å². The Morgan fingerprint density at radius 1 is 1.48 bits per heavy atom. The molecule has 0 spiro atoms. The van der Waals surface area contributed by atoms with Crippen LogP contribution in [0.25, 0.3) is 0 Å². The van der Waals surface area contributed by atoms with Crippen LogP contribution in [0.5, 0.6) is 0 Å². The number of nitrogens with one attached hydrogen (secondary N) is 1. The second kappa shape index (κ2) is 6.48. The Balaban J connectivity index is 1.81. The van der Waals surface area contributed by atoms with Crippen LogP contribution < -0.4 is 5.32 Å². The Morgan fingerprint density at radius 2 is 2.33 bits per heavy atom. The normalized spacial score (nSPS) is 19.9. The van der Waals surface area contributed by atoms with Crippen molar-refractivity contribution in [1.29, 1.82) is 0 Å². The minimum atomic E-state index is 0.299. The summed E-state index contributed by atoms with van der Waals surface area (Å²) in [6.07, 6.45) is 3.86. The summed E-state index contributed by atoms with van der Waals surface area (Å²) in [6, 6.07) is 6.43. The van der Waals surface area contributed by atoms with Crippen molar-refractivity contribution in [2.45, 2.75) is 12.6 Å². The summed E-state index contributed by atoms with van der Waals surface area (Å²) in [5.41, 5.74) is 1.26. The predicted octanol–water partition coefficient (Wildman–Crippen LogP) is 2.98. The van der Waals surface area contributed by atoms with E-state index in [4.69, 9.17) is 11.6 Å². The Hall–Kier alpha value is -0.880. The van der Waals surface area contributed by atoms with E-state index in [0.29, 0.717) is 6.04 Å². The van der Waals surface area contributed by atoms with Gasteiger partial charge in [0.15, 0.2) is 0 Å². The van der Waals surface area contributed by atoms with Crippen molar-refractivity contribution in [3.05, 3.63) is 51.5 Å². The van der Waals surface area contributed by atoms with Gasteiger partial charge in [-0.05, 0) is 33.6 Å². The molecule has 6 heteroatoms. The highest BCUT2D eigenvalue weighted by Crippen LogP contribution is 2.26. The molecule has 0 bridgehead atoms. The fourth-order valence-corrected chi connectivity index (χ4v) is 3.30. The molecule has 21 heavy (non-hydrogen) atoms. The topological polar surface area (TPSA) is 33.1 Å². The second-order valence-corrected chi connectivity index (χ2v) is 6.60. The number of aryl methyl sites for hydroxylation is 1. The van der Waals surface area contributed by atoms with Crippen LogP contribution in [-0.2, 0) is 13.6 Å². The highest BCUT2D eigenvalue weighted by atomic mass is 79.9. The molecule has 1 aliphatic rings. The smallest absolute Gasteiger partial charge is 0.127 e. The standard InChI is InChI=1S/C15H18BrClN4/c1-20-6-5-19-15(20)14-9-18-4-7-21(14)10-11-2-3-13(17)12(16)8-11/h2-3,5-6,8,14,18H,4,7,9-10H2,1H3. The highest BCUT2D eigenvalue weighted by molar-refractivity contribution is 9.10. The zero-order valence-corrected chi connectivity index (χ0v) is 14.2. The third-order valence-electron chi connectivity index (χ3n) is 3.88. The molecular formula is C15H18BrClN4. The minimum Gasteiger partial charge on any atom is -0.337 e. The lowest BCUT2D eigenvalue weighted by atomic mass is 10.1. The first-order valence-electron chi connectivity index (χ1n) is 7.01. The molecular weight excluding hydrogens is 352 g/mol. The summed E-state index contributed by atoms with van der Waals surface area (Å²) < 4.78 is 3.05. The summed E-state index contributed by atoms with van der Waals surface area (Å²) in [5, 5.41) is 4.21. The molecule has 1 fully saturated rings. The van der Waals surface area contributed by atoms with E-state index in [0.717, 1.165) is 41.5 Å². The van der Waals surface area contributed by atoms with Crippen molar-refractivity contribution in [3.63, 3.8) is 0 Å². The van der Waals surface area contributed by atoms with Gasteiger partial charge in [0.05, 0.1) is 11.1 Å². The largest absolute Gasteiger partial charge is 0.337 e. The summed E-state index contributed by atoms with van der Waals surface area (Å²) >= 11 is 9.57. The van der Waals surface area contributed by atoms with Crippen LogP contribution in [-0.4, -0.2) is 34.1 Å². The van der Waals surface area contributed by atoms with Crippen molar-refractivity contribution < 1.29 is 0 Å². The second-order valence-electron chi connectivity index (χ2n) is 5.34. The monoisotopic (exact) mass is 368 g/mol. The number of imidazole rings is 1. The maximum absolute atomic E-state index is 6.07. The average molecular weight is 370 g/mol. The van der Waals surface area contributed by atoms with Gasteiger partial charge in [0, 0.05) is 50.1 Å². The van der Waals surface area contributed by atoms with Crippen molar-refractivity contribution in [2.75, 3.05) is 19.6 Å². The maximum atomic E-state index is 6.07. The third-order valence-corrected chi connectivity index (χ3v) is 5.09. The first-order valence-corrected chi connectivity index (χ1v) is 8.18. The first kappa shape index (κ1) is 15.0. The molecule has 1 atom stereocenters. The molecule has 2 heterocycles. The average Bonchev–Trinajstić information content (AvgIpc) is 2.90. The number of piperazine rings is 1. The molecule has 0 saturated carbocycles. The van der Waals surface area contributed by atoms with E-state index in [1.807, 2.05) is 25.5 Å². The molecule has 0 radical (unpaired) electrons. The quantitative estimate of drug-likeness (QED) is 0.903. The van der Waals surface area contributed by atoms with E-state index in [1.54, 1.807) is 0 Å². The zero-order valence-electron chi connectivity index (χ0n) is 11.9. The van der Waals surface area contributed by atoms with E-state index < -0.39 is 0 Å². The Labute approximate surface area is 138 Å². The summed E-state index contributed by atoms with van der Waals surface area (Å²) in [4.78, 5) is 6.98. The number of hydrogen-bond acceptors (Lipinski definition) is 3. The highest BCUT2D eigenvalue weighted by Gasteiger charge is 2.26. The van der Waals surface area contributed by atoms with Gasteiger partial charge < -0.3 is 9.88 Å². The van der Waals surface area contributed by atoms with E-state index in [1.165, 1.54) is 5.56 Å². The van der Waals surface area contributed by atoms with Crippen molar-refractivity contribution in [1.82, 2.24) is 19.8 Å². The number of halogens is 2. The van der Waals surface area contributed by atoms with Gasteiger partial charge >= 0.3 is 0 Å². The Morgan fingerprint density at radius 3 is 3.05 bits per heavy atom. The van der Waals surface area contributed by atoms with Crippen LogP contribution in [0, 0.1) is 0 Å². The Bertz CT molecular complexity index is 628. The van der Waals surface area contributed by atoms with Crippen LogP contribution in [0.15, 0.2) is 35.1 Å². The molecule has 112 valence electrons. The molecule has 1 aliphatic heterocycles. The van der Waals surface area contributed by atoms with Gasteiger partial charge in [-0.15, -0.1) is 0 Å². The molecule has 0 aliphatic carbocycles. The third kappa shape index (κ3) is 3.31. The lowest BCUT2D eigenvalue weighted by molar-refractivity contribution is 0.144. The summed E-state index contributed by atoms with van der Waals surface area (Å²) in [6.45, 7) is 3.85. The Kier molecular flexibility index (Phi) is 4.64. The van der Waals surface area contributed by atoms with Crippen molar-refractivity contribution in [2.24, 2.45) is 7.05 Å². The maximum Gasteiger partial charge on any atom is 0.127 e. The fraction of sp³-hybridized carbons (Fsp3) is 0.400. The number of rotatable bonds is 3. The van der Waals surface area contributed by atoms with E-state index in [9.17, 15) is 0 Å². The van der Waals surface area contributed by atoms with Gasteiger partial charge in [0.2, 0.25) is 0 Å². The van der Waals surface area contributed by atoms with E-state index in [2.05, 4.69) is 47.8 Å². The lowest BCUT2D eigenvalue weighted by Gasteiger charge is -2.35. The van der Waals surface area contributed by atoms with Gasteiger partial charge in [-0.25, -0.2) is 4.98 Å². The minimum absolute atomic E-state index is 0.299. The molecule has 4 nitrogen and oxygen atoms in total. The first-order chi connectivity index (χ1) is 10.1. The molecule has 0 amide bonds. The molecule has 1 N–H and O–H groups in total. The van der Waals surface area contributed by atoms with Gasteiger partial charge in [0.1, 0.15) is 5.82 Å². The summed E-state index contributed by atoms with van der Waals surface area (Å²) in [7, 11) is 2.05. The molecule has 1 unspecified atom stereocenters. The van der Waals surface area contributed by atoms with Gasteiger partial charge in [-0.1, -0.05) is 17.7 Å². The predicted molar refractivity (Wildman–Crippen MR) is 88.4 cm³/mol. The van der Waals surface area contributed by atoms with Gasteiger partial charge in [0.25, 0.3) is 0 Å². The molecule has 1 aromatic carbocycles. The van der Waals surface area contributed by atoms with Crippen LogP contribution in [0.1, 0.15) is 17.4 Å². The molecule has 3 rings (SSSR count). The molecule has 1 saturated heterocycles. The molecule has 2 aromatic rings. The summed E-state index contributed by atoms with van der Waals surface area (Å²) in [5.74, 6) is 1.11. The van der Waals surface area contributed by atoms with Gasteiger partial charge in [-0.2, -0.15) is 0 Å².